The van der Waals surface area contributed by atoms with Crippen molar-refractivity contribution in [3.63, 3.8) is 0 Å². The first-order valence-electron chi connectivity index (χ1n) is 8.28. The van der Waals surface area contributed by atoms with Gasteiger partial charge in [0.15, 0.2) is 0 Å². The lowest BCUT2D eigenvalue weighted by Gasteiger charge is -2.40. The molecule has 0 unspecified atom stereocenters. The van der Waals surface area contributed by atoms with Crippen molar-refractivity contribution >= 4 is 45.8 Å². The minimum atomic E-state index is -0.0160. The van der Waals surface area contributed by atoms with Gasteiger partial charge in [-0.1, -0.05) is 18.2 Å². The highest BCUT2D eigenvalue weighted by molar-refractivity contribution is 14.1. The highest BCUT2D eigenvalue weighted by atomic mass is 127. The van der Waals surface area contributed by atoms with Gasteiger partial charge in [0.1, 0.15) is 5.75 Å². The number of aliphatic imine (C=N–C) groups is 1. The summed E-state index contributed by atoms with van der Waals surface area (Å²) in [5.41, 5.74) is 5.64. The van der Waals surface area contributed by atoms with Crippen molar-refractivity contribution in [2.75, 3.05) is 19.1 Å². The Morgan fingerprint density at radius 2 is 1.92 bits per heavy atom. The van der Waals surface area contributed by atoms with Gasteiger partial charge < -0.3 is 9.64 Å². The van der Waals surface area contributed by atoms with Gasteiger partial charge >= 0.3 is 0 Å². The zero-order valence-corrected chi connectivity index (χ0v) is 17.5. The van der Waals surface area contributed by atoms with Crippen molar-refractivity contribution in [1.82, 2.24) is 0 Å². The van der Waals surface area contributed by atoms with Gasteiger partial charge in [0.2, 0.25) is 0 Å². The number of hydrogen-bond acceptors (Lipinski definition) is 3. The van der Waals surface area contributed by atoms with Gasteiger partial charge in [0.05, 0.1) is 18.3 Å². The van der Waals surface area contributed by atoms with E-state index in [1.807, 2.05) is 24.4 Å². The number of fused-ring (bicyclic) bond motifs is 1. The van der Waals surface area contributed by atoms with Gasteiger partial charge in [-0.05, 0) is 67.1 Å². The Balaban J connectivity index is 2.08. The van der Waals surface area contributed by atoms with Crippen LogP contribution >= 0.6 is 22.6 Å². The van der Waals surface area contributed by atoms with Crippen molar-refractivity contribution in [1.29, 1.82) is 0 Å². The number of para-hydroxylation sites is 1. The van der Waals surface area contributed by atoms with Crippen LogP contribution in [0.3, 0.4) is 0 Å². The van der Waals surface area contributed by atoms with Crippen LogP contribution < -0.4 is 9.64 Å². The van der Waals surface area contributed by atoms with Crippen molar-refractivity contribution in [2.24, 2.45) is 4.99 Å². The van der Waals surface area contributed by atoms with E-state index in [-0.39, 0.29) is 5.54 Å². The fourth-order valence-corrected chi connectivity index (χ4v) is 3.69. The van der Waals surface area contributed by atoms with Crippen LogP contribution in [0.2, 0.25) is 0 Å². The van der Waals surface area contributed by atoms with E-state index in [2.05, 4.69) is 84.6 Å². The zero-order chi connectivity index (χ0) is 18.2. The summed E-state index contributed by atoms with van der Waals surface area (Å²) in [7, 11) is 3.84. The van der Waals surface area contributed by atoms with Crippen molar-refractivity contribution in [2.45, 2.75) is 26.3 Å². The first-order valence-corrected chi connectivity index (χ1v) is 9.35. The SMILES string of the molecule is COc1cc2c(cc1C=Nc1ccccc1I)C(C)=CC(C)(C)N2C. The average molecular weight is 446 g/mol. The van der Waals surface area contributed by atoms with Crippen LogP contribution in [0.1, 0.15) is 31.9 Å². The largest absolute Gasteiger partial charge is 0.496 e. The van der Waals surface area contributed by atoms with E-state index in [1.54, 1.807) is 7.11 Å². The number of benzene rings is 2. The maximum Gasteiger partial charge on any atom is 0.129 e. The summed E-state index contributed by atoms with van der Waals surface area (Å²) in [6, 6.07) is 12.4. The normalized spacial score (nSPS) is 15.9. The third-order valence-electron chi connectivity index (χ3n) is 4.76. The monoisotopic (exact) mass is 446 g/mol. The number of halogens is 1. The topological polar surface area (TPSA) is 24.8 Å². The lowest BCUT2D eigenvalue weighted by atomic mass is 9.88. The van der Waals surface area contributed by atoms with E-state index in [9.17, 15) is 0 Å². The molecule has 0 N–H and O–H groups in total. The Hall–Kier alpha value is -1.82. The summed E-state index contributed by atoms with van der Waals surface area (Å²) >= 11 is 2.30. The summed E-state index contributed by atoms with van der Waals surface area (Å²) in [5, 5.41) is 0. The predicted molar refractivity (Wildman–Crippen MR) is 116 cm³/mol. The van der Waals surface area contributed by atoms with Gasteiger partial charge in [0, 0.05) is 39.7 Å². The molecule has 2 aromatic carbocycles. The van der Waals surface area contributed by atoms with E-state index >= 15 is 0 Å². The standard InChI is InChI=1S/C21H23IN2O/c1-14-12-21(2,3)24(4)19-11-20(25-5)15(10-16(14)19)13-23-18-9-7-6-8-17(18)22/h6-13H,1-5H3. The molecule has 0 amide bonds. The average Bonchev–Trinajstić information content (AvgIpc) is 2.58. The first-order chi connectivity index (χ1) is 11.8. The molecule has 0 bridgehead atoms. The molecular formula is C21H23IN2O. The maximum atomic E-state index is 5.64. The minimum Gasteiger partial charge on any atom is -0.496 e. The molecule has 130 valence electrons. The van der Waals surface area contributed by atoms with Crippen LogP contribution in [0, 0.1) is 3.57 Å². The number of allylic oxidation sites excluding steroid dienone is 1. The fourth-order valence-electron chi connectivity index (χ4n) is 3.17. The van der Waals surface area contributed by atoms with Gasteiger partial charge in [-0.25, -0.2) is 0 Å². The molecule has 25 heavy (non-hydrogen) atoms. The lowest BCUT2D eigenvalue weighted by molar-refractivity contribution is 0.414. The molecule has 1 aliphatic heterocycles. The van der Waals surface area contributed by atoms with E-state index in [0.717, 1.165) is 20.6 Å². The summed E-state index contributed by atoms with van der Waals surface area (Å²) in [5.74, 6) is 0.839. The van der Waals surface area contributed by atoms with E-state index in [4.69, 9.17) is 4.74 Å². The Morgan fingerprint density at radius 1 is 1.20 bits per heavy atom. The van der Waals surface area contributed by atoms with Crippen LogP contribution in [0.15, 0.2) is 47.5 Å². The maximum absolute atomic E-state index is 5.64. The lowest BCUT2D eigenvalue weighted by Crippen LogP contribution is -2.42. The van der Waals surface area contributed by atoms with Crippen molar-refractivity contribution in [3.05, 3.63) is 57.2 Å². The summed E-state index contributed by atoms with van der Waals surface area (Å²) in [6.07, 6.45) is 4.20. The molecular weight excluding hydrogens is 423 g/mol. The fraction of sp³-hybridized carbons (Fsp3) is 0.286. The second-order valence-corrected chi connectivity index (χ2v) is 8.02. The summed E-state index contributed by atoms with van der Waals surface area (Å²) in [6.45, 7) is 6.61. The molecule has 0 radical (unpaired) electrons. The van der Waals surface area contributed by atoms with Gasteiger partial charge in [0.25, 0.3) is 0 Å². The summed E-state index contributed by atoms with van der Waals surface area (Å²) in [4.78, 5) is 6.95. The van der Waals surface area contributed by atoms with E-state index in [1.165, 1.54) is 16.8 Å². The molecule has 0 saturated heterocycles. The third kappa shape index (κ3) is 3.45. The molecule has 0 fully saturated rings. The second kappa shape index (κ2) is 6.83. The van der Waals surface area contributed by atoms with E-state index in [0.29, 0.717) is 0 Å². The predicted octanol–water partition coefficient (Wildman–Crippen LogP) is 5.68. The number of nitrogens with zero attached hydrogens (tertiary/aromatic N) is 2. The molecule has 1 aliphatic rings. The molecule has 0 saturated carbocycles. The Kier molecular flexibility index (Phi) is 4.91. The molecule has 3 nitrogen and oxygen atoms in total. The van der Waals surface area contributed by atoms with Crippen LogP contribution in [0.4, 0.5) is 11.4 Å². The smallest absolute Gasteiger partial charge is 0.129 e. The van der Waals surface area contributed by atoms with Gasteiger partial charge in [-0.3, -0.25) is 4.99 Å². The molecule has 2 aromatic rings. The Morgan fingerprint density at radius 3 is 2.60 bits per heavy atom. The first kappa shape index (κ1) is 18.0. The number of anilines is 1. The Bertz CT molecular complexity index is 868. The number of rotatable bonds is 3. The molecule has 4 heteroatoms. The molecule has 0 aromatic heterocycles. The molecule has 0 aliphatic carbocycles. The van der Waals surface area contributed by atoms with Gasteiger partial charge in [-0.15, -0.1) is 0 Å². The quantitative estimate of drug-likeness (QED) is 0.448. The second-order valence-electron chi connectivity index (χ2n) is 6.86. The van der Waals surface area contributed by atoms with Gasteiger partial charge in [-0.2, -0.15) is 0 Å². The molecule has 1 heterocycles. The van der Waals surface area contributed by atoms with Crippen molar-refractivity contribution < 1.29 is 4.74 Å². The van der Waals surface area contributed by atoms with Crippen LogP contribution in [-0.2, 0) is 0 Å². The minimum absolute atomic E-state index is 0.0160. The number of methoxy groups -OCH3 is 1. The highest BCUT2D eigenvalue weighted by Crippen LogP contribution is 2.41. The molecule has 0 atom stereocenters. The number of hydrogen-bond donors (Lipinski definition) is 0. The van der Waals surface area contributed by atoms with Crippen LogP contribution in [0.25, 0.3) is 5.57 Å². The van der Waals surface area contributed by atoms with E-state index < -0.39 is 0 Å². The summed E-state index contributed by atoms with van der Waals surface area (Å²) < 4.78 is 6.77. The highest BCUT2D eigenvalue weighted by Gasteiger charge is 2.29. The Labute approximate surface area is 163 Å². The zero-order valence-electron chi connectivity index (χ0n) is 15.3. The third-order valence-corrected chi connectivity index (χ3v) is 5.68. The van der Waals surface area contributed by atoms with Crippen molar-refractivity contribution in [3.8, 4) is 5.75 Å². The molecule has 0 spiro atoms. The van der Waals surface area contributed by atoms with Crippen LogP contribution in [-0.4, -0.2) is 25.9 Å². The number of likely N-dealkylation sites (N-methyl/N-ethyl adjacent to an activating group) is 1. The molecule has 3 rings (SSSR count). The van der Waals surface area contributed by atoms with Crippen LogP contribution in [0.5, 0.6) is 5.75 Å². The number of ether oxygens (including phenoxy) is 1.